The summed E-state index contributed by atoms with van der Waals surface area (Å²) in [6.45, 7) is 5.76. The topological polar surface area (TPSA) is 18.5 Å². The zero-order valence-electron chi connectivity index (χ0n) is 7.59. The molecule has 2 heteroatoms. The Morgan fingerprint density at radius 3 is 2.92 bits per heavy atom. The third-order valence-corrected chi connectivity index (χ3v) is 2.52. The molecule has 1 atom stereocenters. The molecule has 0 aromatic heterocycles. The van der Waals surface area contributed by atoms with Crippen LogP contribution in [0, 0.1) is 5.92 Å². The predicted molar refractivity (Wildman–Crippen MR) is 46.5 cm³/mol. The Balaban J connectivity index is 2.26. The van der Waals surface area contributed by atoms with Crippen molar-refractivity contribution in [2.45, 2.75) is 20.3 Å². The van der Waals surface area contributed by atoms with Gasteiger partial charge in [-0.2, -0.15) is 0 Å². The molecule has 0 amide bonds. The third kappa shape index (κ3) is 1.22. The summed E-state index contributed by atoms with van der Waals surface area (Å²) in [7, 11) is 0. The molecule has 2 nitrogen and oxygen atoms in total. The van der Waals surface area contributed by atoms with E-state index in [2.05, 4.69) is 19.9 Å². The van der Waals surface area contributed by atoms with Crippen LogP contribution in [0.25, 0.3) is 0 Å². The molecule has 0 radical (unpaired) electrons. The van der Waals surface area contributed by atoms with E-state index in [1.807, 2.05) is 0 Å². The van der Waals surface area contributed by atoms with E-state index in [4.69, 9.17) is 9.47 Å². The molecule has 1 aliphatic carbocycles. The highest BCUT2D eigenvalue weighted by molar-refractivity contribution is 5.28. The van der Waals surface area contributed by atoms with E-state index in [9.17, 15) is 0 Å². The second-order valence-electron chi connectivity index (χ2n) is 3.48. The quantitative estimate of drug-likeness (QED) is 0.549. The highest BCUT2D eigenvalue weighted by atomic mass is 16.6. The maximum absolute atomic E-state index is 5.51. The minimum atomic E-state index is 0.602. The van der Waals surface area contributed by atoms with Gasteiger partial charge in [-0.25, -0.2) is 0 Å². The van der Waals surface area contributed by atoms with Crippen LogP contribution >= 0.6 is 0 Å². The van der Waals surface area contributed by atoms with Crippen LogP contribution in [-0.2, 0) is 9.47 Å². The highest BCUT2D eigenvalue weighted by Crippen LogP contribution is 2.31. The first-order valence-corrected chi connectivity index (χ1v) is 4.44. The Morgan fingerprint density at radius 2 is 2.08 bits per heavy atom. The molecule has 1 aliphatic heterocycles. The minimum Gasteiger partial charge on any atom is -0.490 e. The van der Waals surface area contributed by atoms with Gasteiger partial charge in [0.2, 0.25) is 0 Å². The Hall–Kier alpha value is -0.920. The average Bonchev–Trinajstić information content (AvgIpc) is 2.07. The number of hydrogen-bond acceptors (Lipinski definition) is 2. The number of hydrogen-bond donors (Lipinski definition) is 0. The van der Waals surface area contributed by atoms with E-state index in [1.165, 1.54) is 5.57 Å². The van der Waals surface area contributed by atoms with Crippen molar-refractivity contribution < 1.29 is 9.47 Å². The van der Waals surface area contributed by atoms with E-state index in [-0.39, 0.29) is 0 Å². The van der Waals surface area contributed by atoms with Crippen molar-refractivity contribution in [1.29, 1.82) is 0 Å². The van der Waals surface area contributed by atoms with Gasteiger partial charge >= 0.3 is 0 Å². The van der Waals surface area contributed by atoms with Crippen molar-refractivity contribution in [3.05, 3.63) is 23.2 Å². The van der Waals surface area contributed by atoms with Crippen molar-refractivity contribution >= 4 is 0 Å². The van der Waals surface area contributed by atoms with Crippen LogP contribution in [0.3, 0.4) is 0 Å². The smallest absolute Gasteiger partial charge is 0.157 e. The molecule has 0 N–H and O–H groups in total. The van der Waals surface area contributed by atoms with E-state index >= 15 is 0 Å². The van der Waals surface area contributed by atoms with Crippen LogP contribution in [-0.4, -0.2) is 13.2 Å². The molecule has 0 bridgehead atoms. The lowest BCUT2D eigenvalue weighted by molar-refractivity contribution is 0.0591. The van der Waals surface area contributed by atoms with Gasteiger partial charge in [0.25, 0.3) is 0 Å². The first-order valence-electron chi connectivity index (χ1n) is 4.44. The molecule has 2 rings (SSSR count). The highest BCUT2D eigenvalue weighted by Gasteiger charge is 2.22. The Morgan fingerprint density at radius 1 is 1.33 bits per heavy atom. The lowest BCUT2D eigenvalue weighted by atomic mass is 9.92. The van der Waals surface area contributed by atoms with Gasteiger partial charge in [0, 0.05) is 6.42 Å². The van der Waals surface area contributed by atoms with Crippen LogP contribution in [0.5, 0.6) is 0 Å². The van der Waals surface area contributed by atoms with Gasteiger partial charge in [-0.1, -0.05) is 12.5 Å². The molecule has 1 unspecified atom stereocenters. The average molecular weight is 166 g/mol. The van der Waals surface area contributed by atoms with Gasteiger partial charge in [-0.05, 0) is 18.9 Å². The van der Waals surface area contributed by atoms with Crippen molar-refractivity contribution in [2.75, 3.05) is 13.2 Å². The molecule has 0 saturated heterocycles. The zero-order valence-corrected chi connectivity index (χ0v) is 7.59. The first-order chi connectivity index (χ1) is 5.77. The number of allylic oxidation sites excluding steroid dienone is 3. The van der Waals surface area contributed by atoms with Gasteiger partial charge in [0.05, 0.1) is 0 Å². The van der Waals surface area contributed by atoms with Crippen LogP contribution in [0.2, 0.25) is 0 Å². The molecule has 1 heterocycles. The summed E-state index contributed by atoms with van der Waals surface area (Å²) in [5.74, 6) is 2.60. The molecule has 0 fully saturated rings. The molecule has 0 aromatic carbocycles. The number of ether oxygens (including phenoxy) is 2. The largest absolute Gasteiger partial charge is 0.490 e. The Labute approximate surface area is 72.9 Å². The normalized spacial score (nSPS) is 28.5. The molecule has 0 aromatic rings. The Kier molecular flexibility index (Phi) is 1.83. The fourth-order valence-electron chi connectivity index (χ4n) is 1.54. The van der Waals surface area contributed by atoms with Crippen LogP contribution < -0.4 is 0 Å². The van der Waals surface area contributed by atoms with Gasteiger partial charge in [-0.3, -0.25) is 0 Å². The van der Waals surface area contributed by atoms with Crippen molar-refractivity contribution in [1.82, 2.24) is 0 Å². The first kappa shape index (κ1) is 7.71. The van der Waals surface area contributed by atoms with E-state index < -0.39 is 0 Å². The molecular formula is C10H14O2. The summed E-state index contributed by atoms with van der Waals surface area (Å²) in [6.07, 6.45) is 3.10. The van der Waals surface area contributed by atoms with Crippen LogP contribution in [0.15, 0.2) is 23.2 Å². The number of rotatable bonds is 0. The summed E-state index contributed by atoms with van der Waals surface area (Å²) in [5.41, 5.74) is 1.39. The Bertz CT molecular complexity index is 251. The van der Waals surface area contributed by atoms with Crippen LogP contribution in [0.4, 0.5) is 0 Å². The standard InChI is InChI=1S/C10H14O2/c1-7-5-9-10(6-8(7)2)12-4-3-11-9/h5,8H,3-4,6H2,1-2H3. The van der Waals surface area contributed by atoms with E-state index in [0.717, 1.165) is 17.9 Å². The molecule has 0 saturated carbocycles. The van der Waals surface area contributed by atoms with Crippen LogP contribution in [0.1, 0.15) is 20.3 Å². The van der Waals surface area contributed by atoms with E-state index in [0.29, 0.717) is 19.1 Å². The van der Waals surface area contributed by atoms with Gasteiger partial charge < -0.3 is 9.47 Å². The van der Waals surface area contributed by atoms with Gasteiger partial charge in [0.1, 0.15) is 19.0 Å². The lowest BCUT2D eigenvalue weighted by Gasteiger charge is -2.27. The predicted octanol–water partition coefficient (Wildman–Crippen LogP) is 2.23. The van der Waals surface area contributed by atoms with Crippen molar-refractivity contribution in [3.8, 4) is 0 Å². The third-order valence-electron chi connectivity index (χ3n) is 2.52. The lowest BCUT2D eigenvalue weighted by Crippen LogP contribution is -2.18. The molecular weight excluding hydrogens is 152 g/mol. The molecule has 66 valence electrons. The van der Waals surface area contributed by atoms with E-state index in [1.54, 1.807) is 0 Å². The SMILES string of the molecule is CC1=CC2=C(CC1C)OCCO2. The summed E-state index contributed by atoms with van der Waals surface area (Å²) < 4.78 is 11.0. The monoisotopic (exact) mass is 166 g/mol. The summed E-state index contributed by atoms with van der Waals surface area (Å²) >= 11 is 0. The van der Waals surface area contributed by atoms with Crippen molar-refractivity contribution in [3.63, 3.8) is 0 Å². The molecule has 12 heavy (non-hydrogen) atoms. The molecule has 2 aliphatic rings. The fraction of sp³-hybridized carbons (Fsp3) is 0.600. The summed E-state index contributed by atoms with van der Waals surface area (Å²) in [5, 5.41) is 0. The van der Waals surface area contributed by atoms with Gasteiger partial charge in [-0.15, -0.1) is 0 Å². The molecule has 0 spiro atoms. The van der Waals surface area contributed by atoms with Gasteiger partial charge in [0.15, 0.2) is 5.76 Å². The van der Waals surface area contributed by atoms with Crippen molar-refractivity contribution in [2.24, 2.45) is 5.92 Å². The second-order valence-corrected chi connectivity index (χ2v) is 3.48. The summed E-state index contributed by atoms with van der Waals surface area (Å²) in [6, 6.07) is 0. The fourth-order valence-corrected chi connectivity index (χ4v) is 1.54. The maximum Gasteiger partial charge on any atom is 0.157 e. The maximum atomic E-state index is 5.51. The zero-order chi connectivity index (χ0) is 8.55. The summed E-state index contributed by atoms with van der Waals surface area (Å²) in [4.78, 5) is 0. The second kappa shape index (κ2) is 2.85. The minimum absolute atomic E-state index is 0.602.